The van der Waals surface area contributed by atoms with Crippen molar-refractivity contribution >= 4 is 12.0 Å². The molecule has 0 fully saturated rings. The molecule has 0 atom stereocenters. The number of allylic oxidation sites excluding steroid dienone is 1. The molecule has 122 valence electrons. The molecule has 0 heterocycles. The van der Waals surface area contributed by atoms with Crippen molar-refractivity contribution in [3.8, 4) is 17.6 Å². The third kappa shape index (κ3) is 4.62. The molecule has 23 heavy (non-hydrogen) atoms. The molecule has 1 aromatic rings. The van der Waals surface area contributed by atoms with Crippen LogP contribution in [0.15, 0.2) is 30.4 Å². The average Bonchev–Trinajstić information content (AvgIpc) is 2.52. The number of amides is 1. The van der Waals surface area contributed by atoms with Gasteiger partial charge in [-0.1, -0.05) is 6.08 Å². The van der Waals surface area contributed by atoms with Crippen LogP contribution < -0.4 is 9.47 Å². The minimum absolute atomic E-state index is 0.0622. The number of benzene rings is 1. The molecule has 0 aliphatic rings. The van der Waals surface area contributed by atoms with Gasteiger partial charge in [0, 0.05) is 19.7 Å². The highest BCUT2D eigenvalue weighted by Crippen LogP contribution is 2.34. The van der Waals surface area contributed by atoms with E-state index < -0.39 is 0 Å². The molecule has 1 aromatic carbocycles. The predicted octanol–water partition coefficient (Wildman–Crippen LogP) is 2.82. The van der Waals surface area contributed by atoms with Crippen LogP contribution in [0.5, 0.6) is 11.5 Å². The second-order valence-corrected chi connectivity index (χ2v) is 5.01. The number of hydrogen-bond acceptors (Lipinski definition) is 4. The summed E-state index contributed by atoms with van der Waals surface area (Å²) >= 11 is 0. The number of ether oxygens (including phenoxy) is 2. The van der Waals surface area contributed by atoms with Crippen LogP contribution in [-0.2, 0) is 11.2 Å². The maximum atomic E-state index is 12.0. The summed E-state index contributed by atoms with van der Waals surface area (Å²) in [5.41, 5.74) is 1.65. The first kappa shape index (κ1) is 18.3. The Hall–Kier alpha value is -2.74. The van der Waals surface area contributed by atoms with Gasteiger partial charge in [-0.2, -0.15) is 5.26 Å². The first-order chi connectivity index (χ1) is 11.0. The molecule has 0 spiro atoms. The summed E-state index contributed by atoms with van der Waals surface area (Å²) < 4.78 is 11.0. The summed E-state index contributed by atoms with van der Waals surface area (Å²) in [5, 5.41) is 9.21. The first-order valence-corrected chi connectivity index (χ1v) is 7.26. The highest BCUT2D eigenvalue weighted by Gasteiger charge is 2.14. The van der Waals surface area contributed by atoms with E-state index in [9.17, 15) is 10.1 Å². The lowest BCUT2D eigenvalue weighted by molar-refractivity contribution is -0.124. The molecule has 5 nitrogen and oxygen atoms in total. The van der Waals surface area contributed by atoms with Gasteiger partial charge in [0.2, 0.25) is 0 Å². The monoisotopic (exact) mass is 314 g/mol. The molecule has 0 N–H and O–H groups in total. The fraction of sp³-hybridized carbons (Fsp3) is 0.333. The zero-order chi connectivity index (χ0) is 17.4. The van der Waals surface area contributed by atoms with Gasteiger partial charge in [0.05, 0.1) is 13.7 Å². The maximum absolute atomic E-state index is 12.0. The Balaban J connectivity index is 3.44. The van der Waals surface area contributed by atoms with Gasteiger partial charge < -0.3 is 14.4 Å². The molecule has 0 radical (unpaired) electrons. The molecular weight excluding hydrogens is 292 g/mol. The number of carbonyl (C=O) groups excluding carboxylic acids is 1. The van der Waals surface area contributed by atoms with E-state index in [4.69, 9.17) is 9.47 Å². The molecule has 0 aliphatic carbocycles. The predicted molar refractivity (Wildman–Crippen MR) is 90.3 cm³/mol. The van der Waals surface area contributed by atoms with Crippen LogP contribution >= 0.6 is 0 Å². The van der Waals surface area contributed by atoms with Gasteiger partial charge in [-0.25, -0.2) is 0 Å². The summed E-state index contributed by atoms with van der Waals surface area (Å²) in [6.45, 7) is 6.11. The second kappa shape index (κ2) is 8.64. The van der Waals surface area contributed by atoms with Crippen molar-refractivity contribution in [1.82, 2.24) is 4.90 Å². The SMILES string of the molecule is C=CCc1cc(/C=C(/C#N)C(=O)N(C)C)cc(OCC)c1OC. The van der Waals surface area contributed by atoms with Crippen LogP contribution in [0.4, 0.5) is 0 Å². The zero-order valence-electron chi connectivity index (χ0n) is 14.0. The number of nitriles is 1. The Morgan fingerprint density at radius 1 is 1.43 bits per heavy atom. The van der Waals surface area contributed by atoms with E-state index in [0.29, 0.717) is 30.1 Å². The topological polar surface area (TPSA) is 62.6 Å². The Kier molecular flexibility index (Phi) is 6.88. The number of nitrogens with zero attached hydrogens (tertiary/aromatic N) is 2. The number of rotatable bonds is 7. The Bertz CT molecular complexity index is 655. The van der Waals surface area contributed by atoms with Gasteiger partial charge >= 0.3 is 0 Å². The molecular formula is C18H22N2O3. The van der Waals surface area contributed by atoms with E-state index in [1.165, 1.54) is 4.90 Å². The fourth-order valence-electron chi connectivity index (χ4n) is 2.12. The quantitative estimate of drug-likeness (QED) is 0.441. The first-order valence-electron chi connectivity index (χ1n) is 7.26. The van der Waals surface area contributed by atoms with E-state index in [-0.39, 0.29) is 11.5 Å². The molecule has 0 unspecified atom stereocenters. The van der Waals surface area contributed by atoms with Gasteiger partial charge in [-0.05, 0) is 37.1 Å². The minimum atomic E-state index is -0.341. The Labute approximate surface area is 137 Å². The molecule has 5 heteroatoms. The normalized spacial score (nSPS) is 10.7. The molecule has 1 rings (SSSR count). The van der Waals surface area contributed by atoms with Gasteiger partial charge in [-0.15, -0.1) is 6.58 Å². The van der Waals surface area contributed by atoms with E-state index in [1.807, 2.05) is 19.1 Å². The van der Waals surface area contributed by atoms with E-state index in [0.717, 1.165) is 5.56 Å². The van der Waals surface area contributed by atoms with Crippen molar-refractivity contribution in [2.24, 2.45) is 0 Å². The third-order valence-corrected chi connectivity index (χ3v) is 3.09. The Morgan fingerprint density at radius 3 is 2.61 bits per heavy atom. The van der Waals surface area contributed by atoms with Crippen molar-refractivity contribution in [2.75, 3.05) is 27.8 Å². The van der Waals surface area contributed by atoms with Gasteiger partial charge in [0.25, 0.3) is 5.91 Å². The number of hydrogen-bond donors (Lipinski definition) is 0. The van der Waals surface area contributed by atoms with E-state index >= 15 is 0 Å². The van der Waals surface area contributed by atoms with Crippen molar-refractivity contribution in [3.63, 3.8) is 0 Å². The van der Waals surface area contributed by atoms with Crippen LogP contribution in [0.25, 0.3) is 6.08 Å². The van der Waals surface area contributed by atoms with Crippen molar-refractivity contribution in [1.29, 1.82) is 5.26 Å². The summed E-state index contributed by atoms with van der Waals surface area (Å²) in [6, 6.07) is 5.56. The van der Waals surface area contributed by atoms with E-state index in [1.54, 1.807) is 39.4 Å². The highest BCUT2D eigenvalue weighted by atomic mass is 16.5. The second-order valence-electron chi connectivity index (χ2n) is 5.01. The summed E-state index contributed by atoms with van der Waals surface area (Å²) in [5.74, 6) is 0.878. The molecule has 0 aromatic heterocycles. The summed E-state index contributed by atoms with van der Waals surface area (Å²) in [6.07, 6.45) is 3.91. The average molecular weight is 314 g/mol. The maximum Gasteiger partial charge on any atom is 0.264 e. The van der Waals surface area contributed by atoms with Gasteiger partial charge in [0.15, 0.2) is 11.5 Å². The standard InChI is InChI=1S/C18H22N2O3/c1-6-8-14-9-13(10-15(12-19)18(21)20(3)4)11-16(23-7-2)17(14)22-5/h6,9-11H,1,7-8H2,2-5H3/b15-10-. The molecule has 0 aliphatic heterocycles. The highest BCUT2D eigenvalue weighted by molar-refractivity contribution is 6.01. The van der Waals surface area contributed by atoms with Gasteiger partial charge in [0.1, 0.15) is 11.6 Å². The van der Waals surface area contributed by atoms with Crippen molar-refractivity contribution in [2.45, 2.75) is 13.3 Å². The lowest BCUT2D eigenvalue weighted by Crippen LogP contribution is -2.22. The number of likely N-dealkylation sites (N-methyl/N-ethyl adjacent to an activating group) is 1. The van der Waals surface area contributed by atoms with Crippen molar-refractivity contribution < 1.29 is 14.3 Å². The number of methoxy groups -OCH3 is 1. The van der Waals surface area contributed by atoms with Crippen molar-refractivity contribution in [3.05, 3.63) is 41.5 Å². The summed E-state index contributed by atoms with van der Waals surface area (Å²) in [7, 11) is 4.79. The number of carbonyl (C=O) groups is 1. The smallest absolute Gasteiger partial charge is 0.264 e. The Morgan fingerprint density at radius 2 is 2.13 bits per heavy atom. The lowest BCUT2D eigenvalue weighted by Gasteiger charge is -2.15. The van der Waals surface area contributed by atoms with E-state index in [2.05, 4.69) is 6.58 Å². The molecule has 1 amide bonds. The fourth-order valence-corrected chi connectivity index (χ4v) is 2.12. The van der Waals surface area contributed by atoms with Crippen LogP contribution in [0.2, 0.25) is 0 Å². The lowest BCUT2D eigenvalue weighted by atomic mass is 10.0. The largest absolute Gasteiger partial charge is 0.493 e. The third-order valence-electron chi connectivity index (χ3n) is 3.09. The van der Waals surface area contributed by atoms with Crippen LogP contribution in [0, 0.1) is 11.3 Å². The van der Waals surface area contributed by atoms with Crippen LogP contribution in [-0.4, -0.2) is 38.6 Å². The van der Waals surface area contributed by atoms with Gasteiger partial charge in [-0.3, -0.25) is 4.79 Å². The molecule has 0 saturated carbocycles. The molecule has 0 saturated heterocycles. The van der Waals surface area contributed by atoms with Crippen LogP contribution in [0.1, 0.15) is 18.1 Å². The van der Waals surface area contributed by atoms with Crippen LogP contribution in [0.3, 0.4) is 0 Å². The minimum Gasteiger partial charge on any atom is -0.493 e. The molecule has 0 bridgehead atoms. The zero-order valence-corrected chi connectivity index (χ0v) is 14.0. The summed E-state index contributed by atoms with van der Waals surface area (Å²) in [4.78, 5) is 13.4.